The molecule has 2 aromatic carbocycles. The van der Waals surface area contributed by atoms with Crippen LogP contribution in [0.3, 0.4) is 0 Å². The molecule has 1 saturated heterocycles. The van der Waals surface area contributed by atoms with E-state index in [2.05, 4.69) is 0 Å². The van der Waals surface area contributed by atoms with E-state index in [1.807, 2.05) is 23.1 Å². The lowest BCUT2D eigenvalue weighted by Crippen LogP contribution is -2.51. The molecule has 1 heterocycles. The van der Waals surface area contributed by atoms with Crippen molar-refractivity contribution >= 4 is 23.4 Å². The Hall–Kier alpha value is -2.44. The standard InChI is InChI=1S/C21H23ClFN3O2/c1-24(14-17-18(22)8-5-9-19(17)23)20(27)15-25-10-12-26(13-11-25)21(28)16-6-3-2-4-7-16/h2-9H,10-15H2,1H3. The van der Waals surface area contributed by atoms with Gasteiger partial charge in [-0.2, -0.15) is 0 Å². The summed E-state index contributed by atoms with van der Waals surface area (Å²) < 4.78 is 13.9. The molecule has 2 aromatic rings. The van der Waals surface area contributed by atoms with Crippen molar-refractivity contribution in [3.8, 4) is 0 Å². The largest absolute Gasteiger partial charge is 0.340 e. The molecule has 0 radical (unpaired) electrons. The Kier molecular flexibility index (Phi) is 6.65. The van der Waals surface area contributed by atoms with Crippen molar-refractivity contribution in [1.29, 1.82) is 0 Å². The number of likely N-dealkylation sites (N-methyl/N-ethyl adjacent to an activating group) is 1. The topological polar surface area (TPSA) is 43.9 Å². The zero-order valence-electron chi connectivity index (χ0n) is 15.8. The Morgan fingerprint density at radius 1 is 1.04 bits per heavy atom. The summed E-state index contributed by atoms with van der Waals surface area (Å²) in [5.41, 5.74) is 0.992. The number of benzene rings is 2. The molecule has 0 bridgehead atoms. The van der Waals surface area contributed by atoms with E-state index in [4.69, 9.17) is 11.6 Å². The minimum atomic E-state index is -0.416. The maximum absolute atomic E-state index is 13.9. The smallest absolute Gasteiger partial charge is 0.253 e. The highest BCUT2D eigenvalue weighted by Crippen LogP contribution is 2.20. The number of carbonyl (C=O) groups excluding carboxylic acids is 2. The predicted octanol–water partition coefficient (Wildman–Crippen LogP) is 2.90. The molecule has 1 fully saturated rings. The average Bonchev–Trinajstić information content (AvgIpc) is 2.71. The van der Waals surface area contributed by atoms with E-state index in [0.29, 0.717) is 42.3 Å². The molecule has 0 unspecified atom stereocenters. The predicted molar refractivity (Wildman–Crippen MR) is 107 cm³/mol. The third-order valence-corrected chi connectivity index (χ3v) is 5.28. The summed E-state index contributed by atoms with van der Waals surface area (Å²) in [6.45, 7) is 2.75. The van der Waals surface area contributed by atoms with Crippen LogP contribution in [0.25, 0.3) is 0 Å². The van der Waals surface area contributed by atoms with E-state index >= 15 is 0 Å². The fraction of sp³-hybridized carbons (Fsp3) is 0.333. The monoisotopic (exact) mass is 403 g/mol. The van der Waals surface area contributed by atoms with Gasteiger partial charge in [0.15, 0.2) is 0 Å². The van der Waals surface area contributed by atoms with Gasteiger partial charge in [0.05, 0.1) is 6.54 Å². The highest BCUT2D eigenvalue weighted by molar-refractivity contribution is 6.31. The molecule has 7 heteroatoms. The van der Waals surface area contributed by atoms with Crippen LogP contribution in [-0.4, -0.2) is 66.3 Å². The van der Waals surface area contributed by atoms with Crippen molar-refractivity contribution in [1.82, 2.24) is 14.7 Å². The van der Waals surface area contributed by atoms with Crippen molar-refractivity contribution in [2.75, 3.05) is 39.8 Å². The van der Waals surface area contributed by atoms with Gasteiger partial charge in [0.1, 0.15) is 5.82 Å². The summed E-state index contributed by atoms with van der Waals surface area (Å²) in [5.74, 6) is -0.514. The Balaban J connectivity index is 1.50. The molecular formula is C21H23ClFN3O2. The highest BCUT2D eigenvalue weighted by atomic mass is 35.5. The molecule has 0 spiro atoms. The molecule has 0 atom stereocenters. The third-order valence-electron chi connectivity index (χ3n) is 4.92. The van der Waals surface area contributed by atoms with Crippen molar-refractivity contribution in [3.63, 3.8) is 0 Å². The first-order valence-electron chi connectivity index (χ1n) is 9.19. The molecule has 3 rings (SSSR count). The van der Waals surface area contributed by atoms with Gasteiger partial charge in [-0.25, -0.2) is 4.39 Å². The van der Waals surface area contributed by atoms with E-state index in [9.17, 15) is 14.0 Å². The third kappa shape index (κ3) is 4.88. The van der Waals surface area contributed by atoms with Gasteiger partial charge in [0, 0.05) is 55.9 Å². The summed E-state index contributed by atoms with van der Waals surface area (Å²) in [4.78, 5) is 30.3. The average molecular weight is 404 g/mol. The van der Waals surface area contributed by atoms with E-state index in [1.165, 1.54) is 11.0 Å². The van der Waals surface area contributed by atoms with Crippen LogP contribution in [0.2, 0.25) is 5.02 Å². The number of amides is 2. The maximum Gasteiger partial charge on any atom is 0.253 e. The van der Waals surface area contributed by atoms with Gasteiger partial charge >= 0.3 is 0 Å². The van der Waals surface area contributed by atoms with Crippen LogP contribution >= 0.6 is 11.6 Å². The molecule has 0 saturated carbocycles. The first-order valence-corrected chi connectivity index (χ1v) is 9.57. The Morgan fingerprint density at radius 2 is 1.71 bits per heavy atom. The first-order chi connectivity index (χ1) is 13.5. The summed E-state index contributed by atoms with van der Waals surface area (Å²) in [6.07, 6.45) is 0. The molecular weight excluding hydrogens is 381 g/mol. The fourth-order valence-corrected chi connectivity index (χ4v) is 3.42. The molecule has 0 aliphatic carbocycles. The number of halogens is 2. The summed E-state index contributed by atoms with van der Waals surface area (Å²) in [5, 5.41) is 0.313. The van der Waals surface area contributed by atoms with E-state index in [-0.39, 0.29) is 24.9 Å². The summed E-state index contributed by atoms with van der Waals surface area (Å²) in [7, 11) is 1.64. The van der Waals surface area contributed by atoms with Gasteiger partial charge in [-0.1, -0.05) is 35.9 Å². The van der Waals surface area contributed by atoms with E-state index in [0.717, 1.165) is 0 Å². The SMILES string of the molecule is CN(Cc1c(F)cccc1Cl)C(=O)CN1CCN(C(=O)c2ccccc2)CC1. The van der Waals surface area contributed by atoms with Gasteiger partial charge in [-0.3, -0.25) is 14.5 Å². The normalized spacial score (nSPS) is 14.8. The van der Waals surface area contributed by atoms with Crippen molar-refractivity contribution in [2.24, 2.45) is 0 Å². The molecule has 0 N–H and O–H groups in total. The molecule has 1 aliphatic rings. The van der Waals surface area contributed by atoms with Gasteiger partial charge in [-0.15, -0.1) is 0 Å². The fourth-order valence-electron chi connectivity index (χ4n) is 3.19. The van der Waals surface area contributed by atoms with Crippen LogP contribution < -0.4 is 0 Å². The number of piperazine rings is 1. The molecule has 2 amide bonds. The summed E-state index contributed by atoms with van der Waals surface area (Å²) in [6, 6.07) is 13.7. The molecule has 148 valence electrons. The second-order valence-electron chi connectivity index (χ2n) is 6.88. The van der Waals surface area contributed by atoms with Crippen LogP contribution in [0.4, 0.5) is 4.39 Å². The highest BCUT2D eigenvalue weighted by Gasteiger charge is 2.24. The van der Waals surface area contributed by atoms with E-state index < -0.39 is 5.82 Å². The Bertz CT molecular complexity index is 819. The second kappa shape index (κ2) is 9.17. The summed E-state index contributed by atoms with van der Waals surface area (Å²) >= 11 is 6.04. The maximum atomic E-state index is 13.9. The number of carbonyl (C=O) groups is 2. The number of hydrogen-bond acceptors (Lipinski definition) is 3. The van der Waals surface area contributed by atoms with Crippen LogP contribution in [0, 0.1) is 5.82 Å². The lowest BCUT2D eigenvalue weighted by Gasteiger charge is -2.35. The van der Waals surface area contributed by atoms with Crippen LogP contribution in [0.5, 0.6) is 0 Å². The van der Waals surface area contributed by atoms with Crippen LogP contribution in [0.1, 0.15) is 15.9 Å². The Labute approximate surface area is 169 Å². The van der Waals surface area contributed by atoms with E-state index in [1.54, 1.807) is 36.2 Å². The van der Waals surface area contributed by atoms with Gasteiger partial charge in [0.25, 0.3) is 5.91 Å². The minimum absolute atomic E-state index is 0.0119. The number of hydrogen-bond donors (Lipinski definition) is 0. The Morgan fingerprint density at radius 3 is 2.36 bits per heavy atom. The van der Waals surface area contributed by atoms with Crippen LogP contribution in [0.15, 0.2) is 48.5 Å². The molecule has 1 aliphatic heterocycles. The lowest BCUT2D eigenvalue weighted by atomic mass is 10.2. The zero-order chi connectivity index (χ0) is 20.1. The van der Waals surface area contributed by atoms with Crippen molar-refractivity contribution < 1.29 is 14.0 Å². The molecule has 0 aromatic heterocycles. The number of rotatable bonds is 5. The molecule has 28 heavy (non-hydrogen) atoms. The second-order valence-corrected chi connectivity index (χ2v) is 7.29. The van der Waals surface area contributed by atoms with Gasteiger partial charge < -0.3 is 9.80 Å². The quantitative estimate of drug-likeness (QED) is 0.771. The van der Waals surface area contributed by atoms with Crippen LogP contribution in [-0.2, 0) is 11.3 Å². The minimum Gasteiger partial charge on any atom is -0.340 e. The number of nitrogens with zero attached hydrogens (tertiary/aromatic N) is 3. The van der Waals surface area contributed by atoms with Crippen molar-refractivity contribution in [3.05, 3.63) is 70.5 Å². The molecule has 5 nitrogen and oxygen atoms in total. The van der Waals surface area contributed by atoms with Gasteiger partial charge in [-0.05, 0) is 24.3 Å². The van der Waals surface area contributed by atoms with Gasteiger partial charge in [0.2, 0.25) is 5.91 Å². The zero-order valence-corrected chi connectivity index (χ0v) is 16.5. The lowest BCUT2D eigenvalue weighted by molar-refractivity contribution is -0.132. The van der Waals surface area contributed by atoms with Crippen molar-refractivity contribution in [2.45, 2.75) is 6.54 Å². The first kappa shape index (κ1) is 20.3.